The number of H-pyrrole nitrogens is 1. The Balaban J connectivity index is 1.98. The minimum Gasteiger partial charge on any atom is -0.368 e. The zero-order valence-electron chi connectivity index (χ0n) is 12.9. The van der Waals surface area contributed by atoms with Crippen LogP contribution in [-0.2, 0) is 10.0 Å². The van der Waals surface area contributed by atoms with Crippen LogP contribution in [0.4, 0.5) is 5.69 Å². The van der Waals surface area contributed by atoms with Crippen LogP contribution < -0.4 is 4.90 Å². The Morgan fingerprint density at radius 3 is 2.45 bits per heavy atom. The first-order valence-corrected chi connectivity index (χ1v) is 9.50. The molecule has 3 rings (SSSR count). The minimum atomic E-state index is -3.20. The maximum atomic E-state index is 12.0. The molecule has 0 unspecified atom stereocenters. The first-order valence-electron chi connectivity index (χ1n) is 7.27. The molecule has 0 radical (unpaired) electrons. The Morgan fingerprint density at radius 1 is 1.23 bits per heavy atom. The molecule has 5 nitrogen and oxygen atoms in total. The van der Waals surface area contributed by atoms with Crippen molar-refractivity contribution < 1.29 is 8.42 Å². The summed E-state index contributed by atoms with van der Waals surface area (Å²) >= 11 is 6.22. The molecule has 2 atom stereocenters. The minimum absolute atomic E-state index is 0.0771. The van der Waals surface area contributed by atoms with E-state index in [1.54, 1.807) is 4.31 Å². The van der Waals surface area contributed by atoms with Gasteiger partial charge in [0, 0.05) is 53.0 Å². The quantitative estimate of drug-likeness (QED) is 0.913. The molecule has 0 amide bonds. The SMILES string of the molecule is C[C@@H]1CN(c2cc(Cl)cc3[nH]ccc23)C[C@@H](C)N1S(C)(=O)=O. The molecule has 1 aromatic heterocycles. The molecular formula is C15H20ClN3O2S. The van der Waals surface area contributed by atoms with Gasteiger partial charge in [0.25, 0.3) is 0 Å². The second-order valence-electron chi connectivity index (χ2n) is 6.06. The molecule has 1 fully saturated rings. The summed E-state index contributed by atoms with van der Waals surface area (Å²) in [5.74, 6) is 0. The number of nitrogens with one attached hydrogen (secondary N) is 1. The van der Waals surface area contributed by atoms with E-state index in [1.165, 1.54) is 6.26 Å². The van der Waals surface area contributed by atoms with E-state index >= 15 is 0 Å². The highest BCUT2D eigenvalue weighted by Gasteiger charge is 2.35. The van der Waals surface area contributed by atoms with Crippen LogP contribution in [0.2, 0.25) is 5.02 Å². The third kappa shape index (κ3) is 2.71. The maximum absolute atomic E-state index is 12.0. The highest BCUT2D eigenvalue weighted by Crippen LogP contribution is 2.33. The number of aromatic amines is 1. The average molecular weight is 342 g/mol. The number of hydrogen-bond acceptors (Lipinski definition) is 3. The van der Waals surface area contributed by atoms with Gasteiger partial charge in [-0.05, 0) is 32.0 Å². The van der Waals surface area contributed by atoms with Crippen molar-refractivity contribution in [2.24, 2.45) is 0 Å². The Bertz CT molecular complexity index is 790. The first-order chi connectivity index (χ1) is 10.3. The summed E-state index contributed by atoms with van der Waals surface area (Å²) in [6.45, 7) is 5.20. The van der Waals surface area contributed by atoms with E-state index in [0.717, 1.165) is 16.6 Å². The molecule has 1 saturated heterocycles. The van der Waals surface area contributed by atoms with Crippen molar-refractivity contribution in [1.29, 1.82) is 0 Å². The highest BCUT2D eigenvalue weighted by molar-refractivity contribution is 7.88. The second-order valence-corrected chi connectivity index (χ2v) is 8.38. The van der Waals surface area contributed by atoms with Crippen LogP contribution in [0, 0.1) is 0 Å². The fraction of sp³-hybridized carbons (Fsp3) is 0.467. The van der Waals surface area contributed by atoms with Crippen LogP contribution in [0.15, 0.2) is 24.4 Å². The standard InChI is InChI=1S/C15H20ClN3O2S/c1-10-8-18(9-11(2)19(10)22(3,20)21)15-7-12(16)6-14-13(15)4-5-17-14/h4-7,10-11,17H,8-9H2,1-3H3/t10-,11-/m1/s1. The van der Waals surface area contributed by atoms with Gasteiger partial charge in [0.05, 0.1) is 6.26 Å². The molecule has 2 heterocycles. The van der Waals surface area contributed by atoms with Crippen LogP contribution in [0.3, 0.4) is 0 Å². The number of rotatable bonds is 2. The topological polar surface area (TPSA) is 56.4 Å². The third-order valence-electron chi connectivity index (χ3n) is 4.17. The number of aromatic nitrogens is 1. The molecule has 2 aromatic rings. The van der Waals surface area contributed by atoms with Gasteiger partial charge in [-0.25, -0.2) is 8.42 Å². The molecule has 1 aliphatic rings. The van der Waals surface area contributed by atoms with Gasteiger partial charge in [-0.2, -0.15) is 4.31 Å². The summed E-state index contributed by atoms with van der Waals surface area (Å²) in [5, 5.41) is 1.78. The van der Waals surface area contributed by atoms with Gasteiger partial charge in [0.1, 0.15) is 0 Å². The molecule has 1 aromatic carbocycles. The van der Waals surface area contributed by atoms with E-state index in [-0.39, 0.29) is 12.1 Å². The summed E-state index contributed by atoms with van der Waals surface area (Å²) in [6.07, 6.45) is 3.17. The lowest BCUT2D eigenvalue weighted by Crippen LogP contribution is -2.58. The predicted molar refractivity (Wildman–Crippen MR) is 91.1 cm³/mol. The zero-order valence-corrected chi connectivity index (χ0v) is 14.4. The van der Waals surface area contributed by atoms with E-state index in [9.17, 15) is 8.42 Å². The van der Waals surface area contributed by atoms with Crippen LogP contribution in [0.25, 0.3) is 10.9 Å². The molecule has 120 valence electrons. The fourth-order valence-corrected chi connectivity index (χ4v) is 5.19. The van der Waals surface area contributed by atoms with E-state index in [1.807, 2.05) is 38.2 Å². The molecule has 0 saturated carbocycles. The number of anilines is 1. The monoisotopic (exact) mass is 341 g/mol. The Morgan fingerprint density at radius 2 is 1.86 bits per heavy atom. The number of benzene rings is 1. The van der Waals surface area contributed by atoms with Gasteiger partial charge >= 0.3 is 0 Å². The van der Waals surface area contributed by atoms with Crippen LogP contribution in [-0.4, -0.2) is 49.1 Å². The summed E-state index contributed by atoms with van der Waals surface area (Å²) < 4.78 is 25.5. The van der Waals surface area contributed by atoms with E-state index in [0.29, 0.717) is 18.1 Å². The molecule has 22 heavy (non-hydrogen) atoms. The van der Waals surface area contributed by atoms with Gasteiger partial charge in [-0.15, -0.1) is 0 Å². The molecule has 7 heteroatoms. The smallest absolute Gasteiger partial charge is 0.211 e. The number of piperazine rings is 1. The van der Waals surface area contributed by atoms with E-state index in [2.05, 4.69) is 9.88 Å². The second kappa shape index (κ2) is 5.44. The number of sulfonamides is 1. The predicted octanol–water partition coefficient (Wildman–Crippen LogP) is 2.68. The normalized spacial score (nSPS) is 24.1. The Kier molecular flexibility index (Phi) is 3.87. The van der Waals surface area contributed by atoms with E-state index < -0.39 is 10.0 Å². The molecular weight excluding hydrogens is 322 g/mol. The van der Waals surface area contributed by atoms with Crippen LogP contribution >= 0.6 is 11.6 Å². The van der Waals surface area contributed by atoms with Gasteiger partial charge in [0.15, 0.2) is 0 Å². The number of fused-ring (bicyclic) bond motifs is 1. The molecule has 0 bridgehead atoms. The van der Waals surface area contributed by atoms with Crippen molar-refractivity contribution in [3.63, 3.8) is 0 Å². The van der Waals surface area contributed by atoms with E-state index in [4.69, 9.17) is 11.6 Å². The number of nitrogens with zero attached hydrogens (tertiary/aromatic N) is 2. The van der Waals surface area contributed by atoms with Crippen LogP contribution in [0.1, 0.15) is 13.8 Å². The number of halogens is 1. The largest absolute Gasteiger partial charge is 0.368 e. The summed E-state index contributed by atoms with van der Waals surface area (Å²) in [5.41, 5.74) is 2.05. The zero-order chi connectivity index (χ0) is 16.1. The maximum Gasteiger partial charge on any atom is 0.211 e. The van der Waals surface area contributed by atoms with Crippen molar-refractivity contribution in [2.75, 3.05) is 24.2 Å². The first kappa shape index (κ1) is 15.6. The van der Waals surface area contributed by atoms with Crippen molar-refractivity contribution in [3.05, 3.63) is 29.4 Å². The highest BCUT2D eigenvalue weighted by atomic mass is 35.5. The van der Waals surface area contributed by atoms with Crippen molar-refractivity contribution >= 4 is 38.2 Å². The Hall–Kier alpha value is -1.24. The van der Waals surface area contributed by atoms with Gasteiger partial charge in [-0.1, -0.05) is 11.6 Å². The van der Waals surface area contributed by atoms with Crippen molar-refractivity contribution in [3.8, 4) is 0 Å². The third-order valence-corrected chi connectivity index (χ3v) is 5.88. The summed E-state index contributed by atoms with van der Waals surface area (Å²) in [7, 11) is -3.20. The lowest BCUT2D eigenvalue weighted by Gasteiger charge is -2.44. The van der Waals surface area contributed by atoms with Crippen molar-refractivity contribution in [2.45, 2.75) is 25.9 Å². The lowest BCUT2D eigenvalue weighted by atomic mass is 10.1. The molecule has 1 aliphatic heterocycles. The van der Waals surface area contributed by atoms with Gasteiger partial charge in [0.2, 0.25) is 10.0 Å². The lowest BCUT2D eigenvalue weighted by molar-refractivity contribution is 0.243. The fourth-order valence-electron chi connectivity index (χ4n) is 3.53. The molecule has 0 aliphatic carbocycles. The number of hydrogen-bond donors (Lipinski definition) is 1. The van der Waals surface area contributed by atoms with Crippen LogP contribution in [0.5, 0.6) is 0 Å². The van der Waals surface area contributed by atoms with Crippen molar-refractivity contribution in [1.82, 2.24) is 9.29 Å². The van der Waals surface area contributed by atoms with Gasteiger partial charge < -0.3 is 9.88 Å². The summed E-state index contributed by atoms with van der Waals surface area (Å²) in [6, 6.07) is 5.73. The average Bonchev–Trinajstić information content (AvgIpc) is 2.82. The van der Waals surface area contributed by atoms with Gasteiger partial charge in [-0.3, -0.25) is 0 Å². The summed E-state index contributed by atoms with van der Waals surface area (Å²) in [4.78, 5) is 5.40. The molecule has 0 spiro atoms. The Labute approximate surface area is 135 Å². The molecule has 1 N–H and O–H groups in total.